The van der Waals surface area contributed by atoms with Crippen LogP contribution in [-0.4, -0.2) is 15.0 Å². The number of nitrogens with zero attached hydrogens (tertiary/aromatic N) is 3. The van der Waals surface area contributed by atoms with E-state index in [1.807, 2.05) is 36.4 Å². The summed E-state index contributed by atoms with van der Waals surface area (Å²) < 4.78 is 12.6. The van der Waals surface area contributed by atoms with Crippen molar-refractivity contribution in [2.45, 2.75) is 0 Å². The summed E-state index contributed by atoms with van der Waals surface area (Å²) in [6.45, 7) is 0. The Bertz CT molecular complexity index is 3940. The van der Waals surface area contributed by atoms with Crippen LogP contribution in [0.2, 0.25) is 0 Å². The number of furan rings is 2. The lowest BCUT2D eigenvalue weighted by Crippen LogP contribution is -2.01. The average Bonchev–Trinajstić information content (AvgIpc) is 3.92. The summed E-state index contributed by atoms with van der Waals surface area (Å²) in [5.41, 5.74) is 10.8. The third kappa shape index (κ3) is 5.45. The minimum absolute atomic E-state index is 0.602. The first kappa shape index (κ1) is 34.5. The molecule has 0 aliphatic carbocycles. The molecule has 0 fully saturated rings. The Labute approximate surface area is 355 Å². The number of fused-ring (bicyclic) bond motifs is 10. The highest BCUT2D eigenvalue weighted by Gasteiger charge is 2.20. The second-order valence-corrected chi connectivity index (χ2v) is 15.9. The predicted molar refractivity (Wildman–Crippen MR) is 254 cm³/mol. The first-order valence-corrected chi connectivity index (χ1v) is 20.8. The summed E-state index contributed by atoms with van der Waals surface area (Å²) in [5.74, 6) is 1.82. The topological polar surface area (TPSA) is 65.0 Å². The lowest BCUT2D eigenvalue weighted by atomic mass is 9.92. The number of benzene rings is 10. The predicted octanol–water partition coefficient (Wildman–Crippen LogP) is 15.5. The van der Waals surface area contributed by atoms with Crippen molar-refractivity contribution in [2.24, 2.45) is 0 Å². The molecule has 0 saturated carbocycles. The number of aromatic nitrogens is 3. The van der Waals surface area contributed by atoms with Gasteiger partial charge >= 0.3 is 0 Å². The van der Waals surface area contributed by atoms with Crippen molar-refractivity contribution in [1.82, 2.24) is 15.0 Å². The van der Waals surface area contributed by atoms with Gasteiger partial charge in [0.15, 0.2) is 17.5 Å². The van der Waals surface area contributed by atoms with Gasteiger partial charge in [-0.2, -0.15) is 0 Å². The van der Waals surface area contributed by atoms with E-state index in [1.165, 1.54) is 5.56 Å². The zero-order chi connectivity index (χ0) is 40.7. The van der Waals surface area contributed by atoms with Crippen LogP contribution in [0.3, 0.4) is 0 Å². The van der Waals surface area contributed by atoms with Gasteiger partial charge in [0, 0.05) is 38.2 Å². The Balaban J connectivity index is 1.02. The van der Waals surface area contributed by atoms with E-state index in [0.29, 0.717) is 17.5 Å². The summed E-state index contributed by atoms with van der Waals surface area (Å²) in [4.78, 5) is 15.9. The normalized spacial score (nSPS) is 11.9. The molecular formula is C57H33N3O2. The van der Waals surface area contributed by atoms with Gasteiger partial charge in [-0.3, -0.25) is 0 Å². The lowest BCUT2D eigenvalue weighted by molar-refractivity contribution is 0.668. The number of rotatable bonds is 5. The molecule has 13 aromatic rings. The molecule has 0 saturated heterocycles. The zero-order valence-corrected chi connectivity index (χ0v) is 33.2. The third-order valence-electron chi connectivity index (χ3n) is 12.3. The monoisotopic (exact) mass is 791 g/mol. The quantitative estimate of drug-likeness (QED) is 0.174. The van der Waals surface area contributed by atoms with Gasteiger partial charge in [-0.25, -0.2) is 15.0 Å². The molecule has 0 aliphatic rings. The summed E-state index contributed by atoms with van der Waals surface area (Å²) in [6, 6.07) is 69.9. The summed E-state index contributed by atoms with van der Waals surface area (Å²) >= 11 is 0. The van der Waals surface area contributed by atoms with Crippen LogP contribution in [0.4, 0.5) is 0 Å². The van der Waals surface area contributed by atoms with E-state index >= 15 is 0 Å². The van der Waals surface area contributed by atoms with E-state index in [0.717, 1.165) is 110 Å². The standard InChI is InChI=1S/C57H33N3O2/c1-2-11-34(12-3-1)36-23-21-35-22-24-38(33-40(35)31-36)55-58-56(39-25-27-41-37(32-39)26-30-52-53(41)47-15-6-8-18-49(47)62-52)60-57(59-55)46-29-28-44(42-13-4-5-14-43(42)46)45-17-10-20-51-54(45)48-16-7-9-19-50(48)61-51/h1-33H. The second-order valence-electron chi connectivity index (χ2n) is 15.9. The van der Waals surface area contributed by atoms with Crippen LogP contribution in [-0.2, 0) is 0 Å². The van der Waals surface area contributed by atoms with Crippen LogP contribution in [0.5, 0.6) is 0 Å². The smallest absolute Gasteiger partial charge is 0.164 e. The number of hydrogen-bond donors (Lipinski definition) is 0. The molecule has 0 radical (unpaired) electrons. The molecule has 0 unspecified atom stereocenters. The van der Waals surface area contributed by atoms with Crippen LogP contribution >= 0.6 is 0 Å². The van der Waals surface area contributed by atoms with Gasteiger partial charge in [0.2, 0.25) is 0 Å². The Morgan fingerprint density at radius 1 is 0.258 bits per heavy atom. The van der Waals surface area contributed by atoms with E-state index < -0.39 is 0 Å². The molecule has 5 heteroatoms. The lowest BCUT2D eigenvalue weighted by Gasteiger charge is -2.14. The largest absolute Gasteiger partial charge is 0.456 e. The van der Waals surface area contributed by atoms with Crippen LogP contribution in [0.25, 0.3) is 133 Å². The molecule has 0 spiro atoms. The molecule has 0 atom stereocenters. The van der Waals surface area contributed by atoms with Crippen molar-refractivity contribution in [3.63, 3.8) is 0 Å². The highest BCUT2D eigenvalue weighted by molar-refractivity contribution is 6.19. The summed E-state index contributed by atoms with van der Waals surface area (Å²) in [7, 11) is 0. The van der Waals surface area contributed by atoms with Crippen molar-refractivity contribution in [3.05, 3.63) is 200 Å². The molecule has 62 heavy (non-hydrogen) atoms. The van der Waals surface area contributed by atoms with E-state index in [-0.39, 0.29) is 0 Å². The fourth-order valence-corrected chi connectivity index (χ4v) is 9.37. The minimum Gasteiger partial charge on any atom is -0.456 e. The molecule has 0 N–H and O–H groups in total. The maximum atomic E-state index is 6.32. The molecule has 288 valence electrons. The first-order chi connectivity index (χ1) is 30.7. The van der Waals surface area contributed by atoms with Crippen molar-refractivity contribution < 1.29 is 8.83 Å². The van der Waals surface area contributed by atoms with Gasteiger partial charge in [0.25, 0.3) is 0 Å². The number of hydrogen-bond acceptors (Lipinski definition) is 5. The molecule has 10 aromatic carbocycles. The van der Waals surface area contributed by atoms with Crippen molar-refractivity contribution in [2.75, 3.05) is 0 Å². The maximum absolute atomic E-state index is 6.32. The van der Waals surface area contributed by atoms with Crippen LogP contribution in [0.15, 0.2) is 209 Å². The maximum Gasteiger partial charge on any atom is 0.164 e. The van der Waals surface area contributed by atoms with Gasteiger partial charge < -0.3 is 8.83 Å². The van der Waals surface area contributed by atoms with E-state index in [9.17, 15) is 0 Å². The van der Waals surface area contributed by atoms with Gasteiger partial charge in [0.1, 0.15) is 22.3 Å². The number of para-hydroxylation sites is 2. The molecule has 5 nitrogen and oxygen atoms in total. The minimum atomic E-state index is 0.602. The Morgan fingerprint density at radius 3 is 1.55 bits per heavy atom. The van der Waals surface area contributed by atoms with E-state index in [2.05, 4.69) is 164 Å². The van der Waals surface area contributed by atoms with Crippen LogP contribution in [0.1, 0.15) is 0 Å². The van der Waals surface area contributed by atoms with Gasteiger partial charge in [-0.1, -0.05) is 152 Å². The van der Waals surface area contributed by atoms with Crippen molar-refractivity contribution >= 4 is 76.2 Å². The van der Waals surface area contributed by atoms with Gasteiger partial charge in [-0.15, -0.1) is 0 Å². The Kier molecular flexibility index (Phi) is 7.54. The third-order valence-corrected chi connectivity index (χ3v) is 12.3. The fraction of sp³-hybridized carbons (Fsp3) is 0. The molecule has 0 aliphatic heterocycles. The SMILES string of the molecule is c1ccc(-c2ccc3ccc(-c4nc(-c5ccc6c(ccc7oc8ccccc8c76)c5)nc(-c5ccc(-c6cccc7oc8ccccc8c67)c6ccccc56)n4)cc3c2)cc1. The molecular weight excluding hydrogens is 759 g/mol. The van der Waals surface area contributed by atoms with Crippen LogP contribution in [0, 0.1) is 0 Å². The molecule has 0 bridgehead atoms. The van der Waals surface area contributed by atoms with E-state index in [1.54, 1.807) is 0 Å². The van der Waals surface area contributed by atoms with Crippen molar-refractivity contribution in [3.8, 4) is 56.4 Å². The molecule has 0 amide bonds. The highest BCUT2D eigenvalue weighted by atomic mass is 16.3. The van der Waals surface area contributed by atoms with Gasteiger partial charge in [0.05, 0.1) is 0 Å². The van der Waals surface area contributed by atoms with Crippen LogP contribution < -0.4 is 0 Å². The van der Waals surface area contributed by atoms with Crippen molar-refractivity contribution in [1.29, 1.82) is 0 Å². The highest BCUT2D eigenvalue weighted by Crippen LogP contribution is 2.42. The first-order valence-electron chi connectivity index (χ1n) is 20.8. The Hall–Kier alpha value is -8.41. The zero-order valence-electron chi connectivity index (χ0n) is 33.2. The molecule has 3 aromatic heterocycles. The average molecular weight is 792 g/mol. The Morgan fingerprint density at radius 2 is 0.790 bits per heavy atom. The second kappa shape index (κ2) is 13.6. The summed E-state index contributed by atoms with van der Waals surface area (Å²) in [6.07, 6.45) is 0. The summed E-state index contributed by atoms with van der Waals surface area (Å²) in [5, 5.41) is 11.0. The molecule has 3 heterocycles. The van der Waals surface area contributed by atoms with Gasteiger partial charge in [-0.05, 0) is 103 Å². The van der Waals surface area contributed by atoms with E-state index in [4.69, 9.17) is 23.8 Å². The fourth-order valence-electron chi connectivity index (χ4n) is 9.37. The molecule has 13 rings (SSSR count).